The molecule has 1 aromatic carbocycles. The SMILES string of the molecule is CSCC[C@H](NC(=O)[C@H](C)NC(=O)[C@H](CCCNC(=N)N)NC(=O)[C@H](CCC(=O)O)NC(=O)CNC(=O)[C@@H](N)CCC(=O)O)C(=O)N[C@H](C(=O)N[C@@H](CCCCN)C(=O)N[C@@H](CC(=O)O)C(=O)N[C@@H](CC(N)=O)C(=O)N[C@@H](CC(N)=O)C(=O)N[C@@H](CC(C)C)C(=O)N[C@@H](CC(C)C)C(=O)NCC(=O)N[C@@H](CCCCN)C(=O)N[C@@H](Cc1ccccc1)C(=O)N[C@@H](CCC(=O)O)C(=O)O)[C@@H](C)O. The Balaban J connectivity index is 3.60. The number of aliphatic hydroxyl groups excluding tert-OH is 1. The van der Waals surface area contributed by atoms with Crippen LogP contribution >= 0.6 is 11.8 Å². The molecule has 0 radical (unpaired) electrons. The maximum atomic E-state index is 14.4. The van der Waals surface area contributed by atoms with Gasteiger partial charge < -0.3 is 155 Å². The van der Waals surface area contributed by atoms with Gasteiger partial charge in [0.05, 0.1) is 44.5 Å². The number of hydrogen-bond donors (Lipinski definition) is 30. The van der Waals surface area contributed by atoms with Crippen molar-refractivity contribution >= 4 is 154 Å². The van der Waals surface area contributed by atoms with E-state index in [9.17, 15) is 136 Å². The molecule has 136 heavy (non-hydrogen) atoms. The van der Waals surface area contributed by atoms with Gasteiger partial charge in [-0.1, -0.05) is 58.0 Å². The summed E-state index contributed by atoms with van der Waals surface area (Å²) >= 11 is 1.18. The van der Waals surface area contributed by atoms with Crippen LogP contribution in [0.25, 0.3) is 0 Å². The zero-order chi connectivity index (χ0) is 103. The fourth-order valence-corrected chi connectivity index (χ4v) is 13.3. The van der Waals surface area contributed by atoms with Crippen molar-refractivity contribution in [1.29, 1.82) is 5.41 Å². The highest BCUT2D eigenvalue weighted by Crippen LogP contribution is 2.16. The summed E-state index contributed by atoms with van der Waals surface area (Å²) in [5.41, 5.74) is 34.1. The molecular weight excluding hydrogens is 1820 g/mol. The maximum Gasteiger partial charge on any atom is 0.326 e. The Kier molecular flexibility index (Phi) is 57.1. The highest BCUT2D eigenvalue weighted by Gasteiger charge is 2.40. The number of primary amides is 2. The van der Waals surface area contributed by atoms with E-state index in [1.807, 2.05) is 0 Å². The van der Waals surface area contributed by atoms with Crippen LogP contribution in [0, 0.1) is 17.2 Å². The molecule has 0 aliphatic rings. The molecule has 0 saturated carbocycles. The predicted octanol–water partition coefficient (Wildman–Crippen LogP) is -9.75. The van der Waals surface area contributed by atoms with Crippen molar-refractivity contribution in [3.8, 4) is 0 Å². The van der Waals surface area contributed by atoms with E-state index in [-0.39, 0.29) is 108 Å². The van der Waals surface area contributed by atoms with E-state index in [1.54, 1.807) is 64.3 Å². The van der Waals surface area contributed by atoms with E-state index in [0.717, 1.165) is 13.8 Å². The molecular formula is C82H134N24O29S. The Morgan fingerprint density at radius 2 is 0.713 bits per heavy atom. The molecule has 0 spiro atoms. The molecule has 0 fully saturated rings. The minimum absolute atomic E-state index is 0.00820. The first-order valence-electron chi connectivity index (χ1n) is 43.7. The number of guanidine groups is 1. The average molecular weight is 1950 g/mol. The molecule has 36 N–H and O–H groups in total. The number of nitrogens with two attached hydrogens (primary N) is 6. The van der Waals surface area contributed by atoms with Crippen molar-refractivity contribution < 1.29 is 141 Å². The number of unbranched alkanes of at least 4 members (excludes halogenated alkanes) is 2. The van der Waals surface area contributed by atoms with Crippen LogP contribution in [0.3, 0.4) is 0 Å². The number of aliphatic carboxylic acids is 5. The molecule has 1 rings (SSSR count). The number of nitrogens with one attached hydrogen (secondary N) is 18. The van der Waals surface area contributed by atoms with Crippen molar-refractivity contribution in [1.82, 2.24) is 90.4 Å². The number of benzene rings is 1. The molecule has 1 aromatic rings. The summed E-state index contributed by atoms with van der Waals surface area (Å²) in [5, 5.41) is 106. The predicted molar refractivity (Wildman–Crippen MR) is 484 cm³/mol. The van der Waals surface area contributed by atoms with Gasteiger partial charge in [-0.3, -0.25) is 111 Å². The molecule has 54 heteroatoms. The zero-order valence-corrected chi connectivity index (χ0v) is 77.6. The molecule has 0 aromatic heterocycles. The summed E-state index contributed by atoms with van der Waals surface area (Å²) in [6.45, 7) is 7.25. The molecule has 762 valence electrons. The first-order valence-corrected chi connectivity index (χ1v) is 45.1. The third kappa shape index (κ3) is 50.5. The summed E-state index contributed by atoms with van der Waals surface area (Å²) in [7, 11) is 0. The van der Waals surface area contributed by atoms with Gasteiger partial charge in [-0.2, -0.15) is 11.8 Å². The van der Waals surface area contributed by atoms with Crippen LogP contribution < -0.4 is 125 Å². The standard InChI is InChI=1S/C82H134N24O29S/c1-40(2)32-52(69(122)92-39-61(111)94-46(18-11-13-28-83)71(124)102-54(34-44-16-9-8-10-17-44)76(129)99-51(81(134)135)23-26-64(116)117)100-75(128)53(33-41(3)4)101-77(130)55(35-58(86)108)103-78(131)56(36-59(87)109)104-79(132)57(37-65(118)119)105-72(125)47(19-12-14-29-84)98-80(133)66(43(6)107)106-74(127)50(27-31-136-7)96-67(120)42(5)93-70(123)48(20-15-30-90-82(88)89)97-73(126)49(22-25-63(114)115)95-60(110)38-91-68(121)45(85)21-24-62(112)113/h8-10,16-17,40-43,45-57,66,107H,11-15,18-39,83-85H2,1-7H3,(H2,86,108)(H2,87,109)(H,91,121)(H,92,122)(H,93,123)(H,94,111)(H,95,110)(H,96,120)(H,97,126)(H,98,133)(H,99,129)(H,100,128)(H,101,130)(H,102,124)(H,103,131)(H,104,132)(H,105,125)(H,106,127)(H,112,113)(H,114,115)(H,116,117)(H,118,119)(H,134,135)(H4,88,89,90)/t42-,43+,45-,46-,47-,48-,49-,50-,51-,52-,53-,54-,55-,56-,57-,66-/m0/s1. The van der Waals surface area contributed by atoms with E-state index in [1.165, 1.54) is 11.8 Å². The van der Waals surface area contributed by atoms with Crippen molar-refractivity contribution in [3.63, 3.8) is 0 Å². The highest BCUT2D eigenvalue weighted by molar-refractivity contribution is 7.98. The van der Waals surface area contributed by atoms with E-state index in [4.69, 9.17) is 44.9 Å². The van der Waals surface area contributed by atoms with Gasteiger partial charge in [0.15, 0.2) is 5.96 Å². The Labute approximate surface area is 787 Å². The van der Waals surface area contributed by atoms with Crippen LogP contribution in [0.2, 0.25) is 0 Å². The lowest BCUT2D eigenvalue weighted by molar-refractivity contribution is -0.144. The minimum Gasteiger partial charge on any atom is -0.481 e. The van der Waals surface area contributed by atoms with E-state index in [0.29, 0.717) is 12.0 Å². The normalized spacial score (nSPS) is 14.5. The van der Waals surface area contributed by atoms with Gasteiger partial charge >= 0.3 is 29.8 Å². The van der Waals surface area contributed by atoms with E-state index < -0.39 is 309 Å². The number of carboxylic acid groups (broad SMARTS) is 5. The maximum absolute atomic E-state index is 14.4. The number of carbonyl (C=O) groups excluding carboxylic acids is 18. The quantitative estimate of drug-likeness (QED) is 0.0164. The topological polar surface area (TPSA) is 898 Å². The second kappa shape index (κ2) is 64.4. The molecule has 0 aliphatic heterocycles. The average Bonchev–Trinajstić information content (AvgIpc) is 0.862. The van der Waals surface area contributed by atoms with Gasteiger partial charge in [0, 0.05) is 32.2 Å². The molecule has 53 nitrogen and oxygen atoms in total. The highest BCUT2D eigenvalue weighted by atomic mass is 32.2. The molecule has 16 atom stereocenters. The van der Waals surface area contributed by atoms with Crippen molar-refractivity contribution in [2.45, 2.75) is 273 Å². The molecule has 0 bridgehead atoms. The fourth-order valence-electron chi connectivity index (χ4n) is 12.8. The number of aliphatic hydroxyl groups is 1. The smallest absolute Gasteiger partial charge is 0.326 e. The number of carbonyl (C=O) groups is 23. The first kappa shape index (κ1) is 120. The van der Waals surface area contributed by atoms with Gasteiger partial charge in [0.25, 0.3) is 0 Å². The Morgan fingerprint density at radius 1 is 0.360 bits per heavy atom. The Morgan fingerprint density at radius 3 is 1.15 bits per heavy atom. The first-order chi connectivity index (χ1) is 63.8. The van der Waals surface area contributed by atoms with Crippen LogP contribution in [0.5, 0.6) is 0 Å². The number of amides is 18. The molecule has 0 unspecified atom stereocenters. The van der Waals surface area contributed by atoms with Crippen LogP contribution in [0.15, 0.2) is 30.3 Å². The number of hydrogen-bond acceptors (Lipinski definition) is 29. The number of thioether (sulfide) groups is 1. The van der Waals surface area contributed by atoms with Crippen LogP contribution in [0.1, 0.15) is 176 Å². The zero-order valence-electron chi connectivity index (χ0n) is 76.8. The van der Waals surface area contributed by atoms with Gasteiger partial charge in [0.2, 0.25) is 106 Å². The second-order valence-corrected chi connectivity index (χ2v) is 33.7. The van der Waals surface area contributed by atoms with Gasteiger partial charge in [-0.05, 0) is 146 Å². The summed E-state index contributed by atoms with van der Waals surface area (Å²) in [6.07, 6.45) is -7.56. The fraction of sp³-hybridized carbons (Fsp3) is 0.634. The summed E-state index contributed by atoms with van der Waals surface area (Å²) in [5.74, 6) is -29.3. The third-order valence-corrected chi connectivity index (χ3v) is 20.6. The largest absolute Gasteiger partial charge is 0.481 e. The van der Waals surface area contributed by atoms with Gasteiger partial charge in [-0.25, -0.2) is 4.79 Å². The molecule has 18 amide bonds. The lowest BCUT2D eigenvalue weighted by Gasteiger charge is -2.28. The molecule has 0 aliphatic carbocycles. The molecule has 0 saturated heterocycles. The summed E-state index contributed by atoms with van der Waals surface area (Å²) in [4.78, 5) is 307. The third-order valence-electron chi connectivity index (χ3n) is 20.0. The monoisotopic (exact) mass is 1950 g/mol. The molecule has 0 heterocycles. The summed E-state index contributed by atoms with van der Waals surface area (Å²) in [6, 6.07) is -17.6. The van der Waals surface area contributed by atoms with Gasteiger partial charge in [0.1, 0.15) is 84.6 Å². The minimum atomic E-state index is -2.23. The second-order valence-electron chi connectivity index (χ2n) is 32.7. The van der Waals surface area contributed by atoms with Crippen molar-refractivity contribution in [2.75, 3.05) is 44.7 Å². The van der Waals surface area contributed by atoms with E-state index in [2.05, 4.69) is 90.4 Å². The Hall–Kier alpha value is -13.5. The number of carboxylic acids is 5. The number of rotatable bonds is 70. The van der Waals surface area contributed by atoms with Crippen molar-refractivity contribution in [2.24, 2.45) is 46.2 Å². The van der Waals surface area contributed by atoms with Gasteiger partial charge in [-0.15, -0.1) is 0 Å². The lowest BCUT2D eigenvalue weighted by atomic mass is 9.99. The van der Waals surface area contributed by atoms with Crippen LogP contribution in [-0.2, 0) is 117 Å². The van der Waals surface area contributed by atoms with Crippen LogP contribution in [-0.4, -0.2) is 314 Å². The Bertz CT molecular complexity index is 4270. The lowest BCUT2D eigenvalue weighted by Crippen LogP contribution is -2.62. The van der Waals surface area contributed by atoms with Crippen LogP contribution in [0.4, 0.5) is 0 Å². The summed E-state index contributed by atoms with van der Waals surface area (Å²) < 4.78 is 0. The van der Waals surface area contributed by atoms with Crippen molar-refractivity contribution in [3.05, 3.63) is 35.9 Å². The van der Waals surface area contributed by atoms with E-state index >= 15 is 0 Å².